The van der Waals surface area contributed by atoms with Crippen molar-refractivity contribution in [3.05, 3.63) is 64.9 Å². The molecular formula is C19H16ClFN2O2. The van der Waals surface area contributed by atoms with Crippen LogP contribution in [0, 0.1) is 5.82 Å². The second-order valence-corrected chi connectivity index (χ2v) is 6.10. The standard InChI is InChI=1S/C19H16ClFN2O2/c20-16-8-7-15(23-10-2-5-19(23)25)12-17(16)22-18(24)9-6-13-3-1-4-14(21)11-13/h1,3-4,6-9,11-12H,2,5,10H2,(H,22,24)/b9-6+. The van der Waals surface area contributed by atoms with Crippen molar-refractivity contribution >= 4 is 40.9 Å². The number of carbonyl (C=O) groups is 2. The molecule has 2 amide bonds. The van der Waals surface area contributed by atoms with Gasteiger partial charge in [-0.15, -0.1) is 0 Å². The molecular weight excluding hydrogens is 343 g/mol. The Kier molecular flexibility index (Phi) is 5.14. The summed E-state index contributed by atoms with van der Waals surface area (Å²) in [6.07, 6.45) is 4.17. The number of hydrogen-bond acceptors (Lipinski definition) is 2. The molecule has 2 aromatic carbocycles. The van der Waals surface area contributed by atoms with Crippen molar-refractivity contribution in [1.29, 1.82) is 0 Å². The summed E-state index contributed by atoms with van der Waals surface area (Å²) in [7, 11) is 0. The predicted molar refractivity (Wildman–Crippen MR) is 97.1 cm³/mol. The molecule has 6 heteroatoms. The molecule has 0 aromatic heterocycles. The summed E-state index contributed by atoms with van der Waals surface area (Å²) < 4.78 is 13.1. The lowest BCUT2D eigenvalue weighted by Gasteiger charge is -2.17. The summed E-state index contributed by atoms with van der Waals surface area (Å²) in [4.78, 5) is 25.6. The topological polar surface area (TPSA) is 49.4 Å². The first-order valence-electron chi connectivity index (χ1n) is 7.87. The lowest BCUT2D eigenvalue weighted by molar-refractivity contribution is -0.117. The number of carbonyl (C=O) groups excluding carboxylic acids is 2. The fourth-order valence-electron chi connectivity index (χ4n) is 2.65. The Morgan fingerprint density at radius 3 is 2.80 bits per heavy atom. The molecule has 1 N–H and O–H groups in total. The van der Waals surface area contributed by atoms with E-state index >= 15 is 0 Å². The molecule has 0 saturated carbocycles. The van der Waals surface area contributed by atoms with Crippen molar-refractivity contribution in [2.24, 2.45) is 0 Å². The summed E-state index contributed by atoms with van der Waals surface area (Å²) in [5.74, 6) is -0.699. The van der Waals surface area contributed by atoms with Crippen LogP contribution >= 0.6 is 11.6 Å². The molecule has 1 saturated heterocycles. The minimum Gasteiger partial charge on any atom is -0.321 e. The molecule has 1 heterocycles. The zero-order chi connectivity index (χ0) is 17.8. The third-order valence-corrected chi connectivity index (χ3v) is 4.20. The molecule has 1 aliphatic rings. The molecule has 1 fully saturated rings. The molecule has 0 atom stereocenters. The largest absolute Gasteiger partial charge is 0.321 e. The molecule has 1 aliphatic heterocycles. The summed E-state index contributed by atoms with van der Waals surface area (Å²) in [6.45, 7) is 0.660. The number of rotatable bonds is 4. The first-order chi connectivity index (χ1) is 12.0. The number of nitrogens with one attached hydrogen (secondary N) is 1. The molecule has 25 heavy (non-hydrogen) atoms. The molecule has 0 spiro atoms. The van der Waals surface area contributed by atoms with Crippen LogP contribution in [0.2, 0.25) is 5.02 Å². The molecule has 0 unspecified atom stereocenters. The van der Waals surface area contributed by atoms with Gasteiger partial charge in [0.1, 0.15) is 5.82 Å². The van der Waals surface area contributed by atoms with Gasteiger partial charge in [-0.2, -0.15) is 0 Å². The quantitative estimate of drug-likeness (QED) is 0.830. The van der Waals surface area contributed by atoms with E-state index in [1.807, 2.05) is 0 Å². The van der Waals surface area contributed by atoms with E-state index in [1.54, 1.807) is 35.2 Å². The van der Waals surface area contributed by atoms with Crippen molar-refractivity contribution in [3.63, 3.8) is 0 Å². The average Bonchev–Trinajstić information content (AvgIpc) is 3.01. The maximum absolute atomic E-state index is 13.1. The zero-order valence-electron chi connectivity index (χ0n) is 13.3. The van der Waals surface area contributed by atoms with Gasteiger partial charge in [-0.3, -0.25) is 9.59 Å². The Balaban J connectivity index is 1.73. The molecule has 2 aromatic rings. The number of benzene rings is 2. The normalized spacial score (nSPS) is 14.3. The van der Waals surface area contributed by atoms with E-state index in [2.05, 4.69) is 5.32 Å². The van der Waals surface area contributed by atoms with Crippen molar-refractivity contribution in [1.82, 2.24) is 0 Å². The Bertz CT molecular complexity index is 851. The van der Waals surface area contributed by atoms with Crippen molar-refractivity contribution < 1.29 is 14.0 Å². The van der Waals surface area contributed by atoms with E-state index in [-0.39, 0.29) is 11.7 Å². The minimum absolute atomic E-state index is 0.0607. The van der Waals surface area contributed by atoms with Crippen LogP contribution in [-0.4, -0.2) is 18.4 Å². The summed E-state index contributed by atoms with van der Waals surface area (Å²) >= 11 is 6.13. The van der Waals surface area contributed by atoms with E-state index in [0.29, 0.717) is 34.9 Å². The Morgan fingerprint density at radius 1 is 1.24 bits per heavy atom. The Hall–Kier alpha value is -2.66. The van der Waals surface area contributed by atoms with Gasteiger partial charge < -0.3 is 10.2 Å². The van der Waals surface area contributed by atoms with Gasteiger partial charge in [0, 0.05) is 24.7 Å². The highest BCUT2D eigenvalue weighted by Crippen LogP contribution is 2.30. The highest BCUT2D eigenvalue weighted by atomic mass is 35.5. The van der Waals surface area contributed by atoms with Gasteiger partial charge in [-0.05, 0) is 48.4 Å². The van der Waals surface area contributed by atoms with Gasteiger partial charge in [0.25, 0.3) is 0 Å². The second kappa shape index (κ2) is 7.49. The monoisotopic (exact) mass is 358 g/mol. The van der Waals surface area contributed by atoms with E-state index in [4.69, 9.17) is 11.6 Å². The van der Waals surface area contributed by atoms with Gasteiger partial charge in [0.2, 0.25) is 11.8 Å². The molecule has 4 nitrogen and oxygen atoms in total. The minimum atomic E-state index is -0.393. The van der Waals surface area contributed by atoms with Crippen LogP contribution in [-0.2, 0) is 9.59 Å². The summed E-state index contributed by atoms with van der Waals surface area (Å²) in [6, 6.07) is 11.0. The third kappa shape index (κ3) is 4.25. The Labute approximate surface area is 149 Å². The second-order valence-electron chi connectivity index (χ2n) is 5.69. The van der Waals surface area contributed by atoms with Crippen LogP contribution < -0.4 is 10.2 Å². The number of anilines is 2. The van der Waals surface area contributed by atoms with Gasteiger partial charge >= 0.3 is 0 Å². The van der Waals surface area contributed by atoms with Crippen molar-refractivity contribution in [2.75, 3.05) is 16.8 Å². The summed E-state index contributed by atoms with van der Waals surface area (Å²) in [5, 5.41) is 3.06. The van der Waals surface area contributed by atoms with Crippen LogP contribution in [0.25, 0.3) is 6.08 Å². The molecule has 3 rings (SSSR count). The smallest absolute Gasteiger partial charge is 0.248 e. The van der Waals surface area contributed by atoms with Gasteiger partial charge in [-0.1, -0.05) is 23.7 Å². The molecule has 0 bridgehead atoms. The lowest BCUT2D eigenvalue weighted by atomic mass is 10.2. The van der Waals surface area contributed by atoms with Gasteiger partial charge in [0.15, 0.2) is 0 Å². The maximum atomic E-state index is 13.1. The van der Waals surface area contributed by atoms with Crippen LogP contribution in [0.15, 0.2) is 48.5 Å². The third-order valence-electron chi connectivity index (χ3n) is 3.87. The van der Waals surface area contributed by atoms with Crippen LogP contribution in [0.1, 0.15) is 18.4 Å². The van der Waals surface area contributed by atoms with Crippen LogP contribution in [0.5, 0.6) is 0 Å². The zero-order valence-corrected chi connectivity index (χ0v) is 14.1. The highest BCUT2D eigenvalue weighted by molar-refractivity contribution is 6.34. The van der Waals surface area contributed by atoms with E-state index in [0.717, 1.165) is 6.42 Å². The van der Waals surface area contributed by atoms with Crippen molar-refractivity contribution in [3.8, 4) is 0 Å². The lowest BCUT2D eigenvalue weighted by Crippen LogP contribution is -2.23. The molecule has 0 aliphatic carbocycles. The fourth-order valence-corrected chi connectivity index (χ4v) is 2.82. The first kappa shape index (κ1) is 17.2. The van der Waals surface area contributed by atoms with E-state index < -0.39 is 5.91 Å². The number of hydrogen-bond donors (Lipinski definition) is 1. The fraction of sp³-hybridized carbons (Fsp3) is 0.158. The van der Waals surface area contributed by atoms with Gasteiger partial charge in [0.05, 0.1) is 10.7 Å². The molecule has 0 radical (unpaired) electrons. The summed E-state index contributed by atoms with van der Waals surface area (Å²) in [5.41, 5.74) is 1.71. The SMILES string of the molecule is O=C(/C=C/c1cccc(F)c1)Nc1cc(N2CCCC2=O)ccc1Cl. The van der Waals surface area contributed by atoms with E-state index in [1.165, 1.54) is 24.3 Å². The van der Waals surface area contributed by atoms with Crippen LogP contribution in [0.4, 0.5) is 15.8 Å². The predicted octanol–water partition coefficient (Wildman–Crippen LogP) is 4.26. The highest BCUT2D eigenvalue weighted by Gasteiger charge is 2.22. The van der Waals surface area contributed by atoms with Crippen LogP contribution in [0.3, 0.4) is 0 Å². The molecule has 128 valence electrons. The van der Waals surface area contributed by atoms with E-state index in [9.17, 15) is 14.0 Å². The number of halogens is 2. The maximum Gasteiger partial charge on any atom is 0.248 e. The number of nitrogens with zero attached hydrogens (tertiary/aromatic N) is 1. The number of amides is 2. The average molecular weight is 359 g/mol. The Morgan fingerprint density at radius 2 is 2.08 bits per heavy atom. The van der Waals surface area contributed by atoms with Gasteiger partial charge in [-0.25, -0.2) is 4.39 Å². The first-order valence-corrected chi connectivity index (χ1v) is 8.25. The van der Waals surface area contributed by atoms with Crippen molar-refractivity contribution in [2.45, 2.75) is 12.8 Å².